The Hall–Kier alpha value is -2.21. The average molecular weight is 367 g/mol. The molecule has 0 bridgehead atoms. The lowest BCUT2D eigenvalue weighted by Crippen LogP contribution is -2.07. The van der Waals surface area contributed by atoms with E-state index in [2.05, 4.69) is 20.7 Å². The van der Waals surface area contributed by atoms with E-state index < -0.39 is 11.9 Å². The standard InChI is InChI=1S/C16H12BrFO4/c1-21-15(19)10-2-4-11(5-3-10)16(20)22-9-12-6-7-13(18)8-14(12)17/h2-8H,9H2,1H3. The van der Waals surface area contributed by atoms with Gasteiger partial charge in [-0.1, -0.05) is 22.0 Å². The van der Waals surface area contributed by atoms with Crippen molar-refractivity contribution in [3.63, 3.8) is 0 Å². The average Bonchev–Trinajstić information content (AvgIpc) is 2.53. The van der Waals surface area contributed by atoms with Gasteiger partial charge in [0.25, 0.3) is 0 Å². The predicted octanol–water partition coefficient (Wildman–Crippen LogP) is 3.73. The van der Waals surface area contributed by atoms with Crippen molar-refractivity contribution in [3.05, 3.63) is 69.4 Å². The van der Waals surface area contributed by atoms with Crippen LogP contribution >= 0.6 is 15.9 Å². The summed E-state index contributed by atoms with van der Waals surface area (Å²) in [5, 5.41) is 0. The molecule has 0 unspecified atom stereocenters. The second-order valence-corrected chi connectivity index (χ2v) is 5.24. The first-order valence-corrected chi connectivity index (χ1v) is 7.10. The molecule has 22 heavy (non-hydrogen) atoms. The number of hydrogen-bond acceptors (Lipinski definition) is 4. The minimum atomic E-state index is -0.535. The van der Waals surface area contributed by atoms with Crippen LogP contribution in [0.3, 0.4) is 0 Å². The number of esters is 2. The van der Waals surface area contributed by atoms with E-state index in [0.29, 0.717) is 21.2 Å². The fourth-order valence-corrected chi connectivity index (χ4v) is 2.19. The first kappa shape index (κ1) is 16.2. The van der Waals surface area contributed by atoms with E-state index in [1.54, 1.807) is 0 Å². The molecule has 0 saturated carbocycles. The molecule has 0 atom stereocenters. The summed E-state index contributed by atoms with van der Waals surface area (Å²) in [6.45, 7) is 0.0124. The lowest BCUT2D eigenvalue weighted by molar-refractivity contribution is 0.0470. The molecule has 0 N–H and O–H groups in total. The van der Waals surface area contributed by atoms with Gasteiger partial charge in [-0.05, 0) is 36.4 Å². The molecule has 0 saturated heterocycles. The third kappa shape index (κ3) is 3.92. The summed E-state index contributed by atoms with van der Waals surface area (Å²) in [7, 11) is 1.28. The SMILES string of the molecule is COC(=O)c1ccc(C(=O)OCc2ccc(F)cc2Br)cc1. The number of methoxy groups -OCH3 is 1. The molecule has 114 valence electrons. The molecule has 0 fully saturated rings. The summed E-state index contributed by atoms with van der Waals surface area (Å²) in [5.41, 5.74) is 1.31. The van der Waals surface area contributed by atoms with Gasteiger partial charge in [-0.15, -0.1) is 0 Å². The zero-order valence-corrected chi connectivity index (χ0v) is 13.2. The highest BCUT2D eigenvalue weighted by Crippen LogP contribution is 2.19. The molecule has 2 aromatic carbocycles. The minimum absolute atomic E-state index is 0.0124. The van der Waals surface area contributed by atoms with Gasteiger partial charge in [-0.25, -0.2) is 14.0 Å². The molecular formula is C16H12BrFO4. The largest absolute Gasteiger partial charge is 0.465 e. The quantitative estimate of drug-likeness (QED) is 0.773. The molecule has 0 aliphatic carbocycles. The topological polar surface area (TPSA) is 52.6 Å². The predicted molar refractivity (Wildman–Crippen MR) is 81.0 cm³/mol. The first-order chi connectivity index (χ1) is 10.5. The fourth-order valence-electron chi connectivity index (χ4n) is 1.73. The monoisotopic (exact) mass is 366 g/mol. The van der Waals surface area contributed by atoms with Crippen LogP contribution in [0.5, 0.6) is 0 Å². The second-order valence-electron chi connectivity index (χ2n) is 4.38. The van der Waals surface area contributed by atoms with Gasteiger partial charge in [0.2, 0.25) is 0 Å². The van der Waals surface area contributed by atoms with Crippen molar-refractivity contribution >= 4 is 27.9 Å². The summed E-state index contributed by atoms with van der Waals surface area (Å²) < 4.78 is 23.2. The van der Waals surface area contributed by atoms with Gasteiger partial charge >= 0.3 is 11.9 Å². The van der Waals surface area contributed by atoms with E-state index >= 15 is 0 Å². The van der Waals surface area contributed by atoms with Crippen molar-refractivity contribution in [1.29, 1.82) is 0 Å². The van der Waals surface area contributed by atoms with E-state index in [9.17, 15) is 14.0 Å². The van der Waals surface area contributed by atoms with E-state index in [4.69, 9.17) is 4.74 Å². The van der Waals surface area contributed by atoms with Crippen molar-refractivity contribution < 1.29 is 23.5 Å². The maximum atomic E-state index is 13.0. The van der Waals surface area contributed by atoms with Crippen LogP contribution in [0.1, 0.15) is 26.3 Å². The van der Waals surface area contributed by atoms with Crippen molar-refractivity contribution in [3.8, 4) is 0 Å². The first-order valence-electron chi connectivity index (χ1n) is 6.30. The molecule has 0 aliphatic heterocycles. The van der Waals surface area contributed by atoms with Crippen LogP contribution in [0.25, 0.3) is 0 Å². The zero-order valence-electron chi connectivity index (χ0n) is 11.6. The number of ether oxygens (including phenoxy) is 2. The maximum absolute atomic E-state index is 13.0. The van der Waals surface area contributed by atoms with Gasteiger partial charge in [0.15, 0.2) is 0 Å². The van der Waals surface area contributed by atoms with Crippen LogP contribution in [0.2, 0.25) is 0 Å². The molecule has 0 heterocycles. The van der Waals surface area contributed by atoms with Crippen molar-refractivity contribution in [2.24, 2.45) is 0 Å². The summed E-state index contributed by atoms with van der Waals surface area (Å²) in [6.07, 6.45) is 0. The second kappa shape index (κ2) is 7.17. The van der Waals surface area contributed by atoms with Gasteiger partial charge < -0.3 is 9.47 Å². The number of carbonyl (C=O) groups is 2. The van der Waals surface area contributed by atoms with Gasteiger partial charge in [0.1, 0.15) is 12.4 Å². The number of carbonyl (C=O) groups excluding carboxylic acids is 2. The summed E-state index contributed by atoms with van der Waals surface area (Å²) in [5.74, 6) is -1.39. The highest BCUT2D eigenvalue weighted by Gasteiger charge is 2.11. The fraction of sp³-hybridized carbons (Fsp3) is 0.125. The number of benzene rings is 2. The Kier molecular flexibility index (Phi) is 5.27. The zero-order chi connectivity index (χ0) is 16.1. The number of hydrogen-bond donors (Lipinski definition) is 0. The van der Waals surface area contributed by atoms with Crippen LogP contribution in [0.15, 0.2) is 46.9 Å². The molecule has 4 nitrogen and oxygen atoms in total. The van der Waals surface area contributed by atoms with Crippen molar-refractivity contribution in [2.75, 3.05) is 7.11 Å². The lowest BCUT2D eigenvalue weighted by atomic mass is 10.1. The number of halogens is 2. The van der Waals surface area contributed by atoms with Gasteiger partial charge in [-0.2, -0.15) is 0 Å². The molecule has 2 aromatic rings. The normalized spacial score (nSPS) is 10.1. The summed E-state index contributed by atoms with van der Waals surface area (Å²) in [6, 6.07) is 10.1. The summed E-state index contributed by atoms with van der Waals surface area (Å²) >= 11 is 3.20. The van der Waals surface area contributed by atoms with Crippen LogP contribution in [-0.2, 0) is 16.1 Å². The highest BCUT2D eigenvalue weighted by atomic mass is 79.9. The van der Waals surface area contributed by atoms with Crippen LogP contribution in [0, 0.1) is 5.82 Å². The van der Waals surface area contributed by atoms with E-state index in [1.165, 1.54) is 49.6 Å². The van der Waals surface area contributed by atoms with E-state index in [0.717, 1.165) is 0 Å². The smallest absolute Gasteiger partial charge is 0.338 e. The third-order valence-corrected chi connectivity index (χ3v) is 3.65. The van der Waals surface area contributed by atoms with Gasteiger partial charge in [0.05, 0.1) is 18.2 Å². The molecule has 6 heteroatoms. The van der Waals surface area contributed by atoms with Crippen molar-refractivity contribution in [1.82, 2.24) is 0 Å². The maximum Gasteiger partial charge on any atom is 0.338 e. The third-order valence-electron chi connectivity index (χ3n) is 2.92. The molecule has 0 aliphatic rings. The Balaban J connectivity index is 2.01. The Bertz CT molecular complexity index is 698. The Morgan fingerprint density at radius 2 is 1.64 bits per heavy atom. The van der Waals surface area contributed by atoms with Gasteiger partial charge in [0, 0.05) is 10.0 Å². The Morgan fingerprint density at radius 3 is 2.18 bits per heavy atom. The lowest BCUT2D eigenvalue weighted by Gasteiger charge is -2.07. The molecule has 2 rings (SSSR count). The van der Waals surface area contributed by atoms with Crippen LogP contribution in [-0.4, -0.2) is 19.0 Å². The Labute approximate surface area is 135 Å². The van der Waals surface area contributed by atoms with E-state index in [1.807, 2.05) is 0 Å². The van der Waals surface area contributed by atoms with Gasteiger partial charge in [-0.3, -0.25) is 0 Å². The number of rotatable bonds is 4. The summed E-state index contributed by atoms with van der Waals surface area (Å²) in [4.78, 5) is 23.2. The molecule has 0 amide bonds. The van der Waals surface area contributed by atoms with Crippen LogP contribution in [0.4, 0.5) is 4.39 Å². The van der Waals surface area contributed by atoms with Crippen molar-refractivity contribution in [2.45, 2.75) is 6.61 Å². The molecular weight excluding hydrogens is 355 g/mol. The highest BCUT2D eigenvalue weighted by molar-refractivity contribution is 9.10. The molecule has 0 spiro atoms. The van der Waals surface area contributed by atoms with Crippen LogP contribution < -0.4 is 0 Å². The van der Waals surface area contributed by atoms with E-state index in [-0.39, 0.29) is 12.4 Å². The Morgan fingerprint density at radius 1 is 1.05 bits per heavy atom. The molecule has 0 radical (unpaired) electrons. The molecule has 0 aromatic heterocycles. The minimum Gasteiger partial charge on any atom is -0.465 e.